The highest BCUT2D eigenvalue weighted by atomic mass is 19.4. The molecule has 2 aromatic carbocycles. The average Bonchev–Trinajstić information content (AvgIpc) is 3.60. The molecule has 0 radical (unpaired) electrons. The van der Waals surface area contributed by atoms with Crippen LogP contribution in [0.2, 0.25) is 0 Å². The van der Waals surface area contributed by atoms with E-state index in [1.54, 1.807) is 0 Å². The minimum Gasteiger partial charge on any atom is -0.487 e. The van der Waals surface area contributed by atoms with Crippen LogP contribution < -0.4 is 10.4 Å². The van der Waals surface area contributed by atoms with E-state index in [-0.39, 0.29) is 11.3 Å². The van der Waals surface area contributed by atoms with Crippen molar-refractivity contribution < 1.29 is 53.7 Å². The zero-order valence-corrected chi connectivity index (χ0v) is 22.2. The summed E-state index contributed by atoms with van der Waals surface area (Å²) >= 11 is 0. The normalized spacial score (nSPS) is 14.9. The van der Waals surface area contributed by atoms with Gasteiger partial charge in [0.05, 0.1) is 18.3 Å². The Morgan fingerprint density at radius 3 is 2.20 bits per heavy atom. The first kappa shape index (κ1) is 32.6. The van der Waals surface area contributed by atoms with E-state index in [1.165, 1.54) is 25.6 Å². The van der Waals surface area contributed by atoms with Gasteiger partial charge < -0.3 is 9.84 Å². The molecule has 8 nitrogen and oxygen atoms in total. The van der Waals surface area contributed by atoms with Crippen LogP contribution in [0.1, 0.15) is 18.5 Å². The summed E-state index contributed by atoms with van der Waals surface area (Å²) in [6.45, 7) is -1.43. The van der Waals surface area contributed by atoms with Crippen molar-refractivity contribution in [1.82, 2.24) is 23.9 Å². The Hall–Kier alpha value is -4.35. The minimum atomic E-state index is -6.44. The maximum Gasteiger partial charge on any atom is 0.381 e. The summed E-state index contributed by atoms with van der Waals surface area (Å²) < 4.78 is 141. The predicted octanol–water partition coefficient (Wildman–Crippen LogP) is 5.21. The lowest BCUT2D eigenvalue weighted by Gasteiger charge is -2.35. The predicted molar refractivity (Wildman–Crippen MR) is 131 cm³/mol. The Bertz CT molecular complexity index is 1640. The van der Waals surface area contributed by atoms with E-state index in [1.807, 2.05) is 0 Å². The maximum absolute atomic E-state index is 14.8. The molecule has 0 aliphatic carbocycles. The minimum absolute atomic E-state index is 0.0439. The zero-order valence-electron chi connectivity index (χ0n) is 22.2. The molecular formula is C26H21F10N5O3. The van der Waals surface area contributed by atoms with Gasteiger partial charge in [-0.2, -0.15) is 31.4 Å². The highest BCUT2D eigenvalue weighted by Crippen LogP contribution is 2.48. The molecule has 0 aliphatic rings. The lowest BCUT2D eigenvalue weighted by atomic mass is 9.86. The van der Waals surface area contributed by atoms with Gasteiger partial charge in [0.1, 0.15) is 35.6 Å². The number of aliphatic hydroxyl groups is 1. The van der Waals surface area contributed by atoms with Crippen LogP contribution in [-0.2, 0) is 12.1 Å². The van der Waals surface area contributed by atoms with Crippen molar-refractivity contribution in [3.63, 3.8) is 0 Å². The zero-order chi connectivity index (χ0) is 32.7. The van der Waals surface area contributed by atoms with Gasteiger partial charge in [0, 0.05) is 24.0 Å². The van der Waals surface area contributed by atoms with E-state index in [9.17, 15) is 53.8 Å². The lowest BCUT2D eigenvalue weighted by Crippen LogP contribution is -2.59. The third-order valence-corrected chi connectivity index (χ3v) is 6.87. The van der Waals surface area contributed by atoms with E-state index in [2.05, 4.69) is 14.8 Å². The first-order valence-corrected chi connectivity index (χ1v) is 12.4. The van der Waals surface area contributed by atoms with Crippen LogP contribution >= 0.6 is 0 Å². The maximum atomic E-state index is 14.8. The second-order valence-corrected chi connectivity index (χ2v) is 9.66. The summed E-state index contributed by atoms with van der Waals surface area (Å²) in [6, 6.07) is 5.25. The fourth-order valence-corrected chi connectivity index (χ4v) is 4.30. The standard InChI is InChI=1S/C26H21F10N5O3/c1-15(23(43,11-39-14-37-13-38-39)19-7-2-16(27)10-20(19)28)40-8-9-41(22(40)42)17-3-5-18(6-4-17)44-12-24(31,32)26(35,36)25(33,34)21(29)30/h2-10,13-15,21,43H,11-12H2,1H3. The number of rotatable bonds is 12. The molecule has 2 unspecified atom stereocenters. The molecule has 18 heteroatoms. The molecule has 4 rings (SSSR count). The number of hydrogen-bond acceptors (Lipinski definition) is 5. The fraction of sp³-hybridized carbons (Fsp3) is 0.346. The molecular weight excluding hydrogens is 620 g/mol. The monoisotopic (exact) mass is 641 g/mol. The number of aromatic nitrogens is 5. The van der Waals surface area contributed by atoms with Gasteiger partial charge >= 0.3 is 29.9 Å². The Kier molecular flexibility index (Phi) is 8.60. The van der Waals surface area contributed by atoms with E-state index < -0.39 is 72.1 Å². The van der Waals surface area contributed by atoms with Crippen LogP contribution in [0.3, 0.4) is 0 Å². The van der Waals surface area contributed by atoms with Gasteiger partial charge in [0.15, 0.2) is 6.61 Å². The molecule has 0 spiro atoms. The highest BCUT2D eigenvalue weighted by molar-refractivity contribution is 5.37. The van der Waals surface area contributed by atoms with Crippen molar-refractivity contribution in [2.24, 2.45) is 0 Å². The van der Waals surface area contributed by atoms with Gasteiger partial charge in [-0.1, -0.05) is 6.07 Å². The van der Waals surface area contributed by atoms with E-state index in [4.69, 9.17) is 0 Å². The first-order valence-electron chi connectivity index (χ1n) is 12.4. The van der Waals surface area contributed by atoms with Crippen LogP contribution in [-0.4, -0.2) is 59.8 Å². The van der Waals surface area contributed by atoms with Crippen LogP contribution in [0.5, 0.6) is 5.75 Å². The van der Waals surface area contributed by atoms with Crippen LogP contribution in [0.15, 0.2) is 72.3 Å². The molecule has 1 N–H and O–H groups in total. The molecule has 2 aromatic heterocycles. The number of ether oxygens (including phenoxy) is 1. The Morgan fingerprint density at radius 1 is 0.977 bits per heavy atom. The number of hydrogen-bond donors (Lipinski definition) is 1. The second-order valence-electron chi connectivity index (χ2n) is 9.66. The van der Waals surface area contributed by atoms with Crippen molar-refractivity contribution in [3.8, 4) is 11.4 Å². The Balaban J connectivity index is 1.58. The molecule has 0 aliphatic heterocycles. The van der Waals surface area contributed by atoms with Gasteiger partial charge in [0.2, 0.25) is 0 Å². The topological polar surface area (TPSA) is 87.1 Å². The van der Waals surface area contributed by atoms with Gasteiger partial charge in [-0.05, 0) is 37.3 Å². The summed E-state index contributed by atoms with van der Waals surface area (Å²) in [5.74, 6) is -21.0. The summed E-state index contributed by atoms with van der Waals surface area (Å²) in [5.41, 5.74) is -3.33. The Labute approximate surface area is 240 Å². The molecule has 238 valence electrons. The van der Waals surface area contributed by atoms with Gasteiger partial charge in [-0.3, -0.25) is 9.13 Å². The lowest BCUT2D eigenvalue weighted by molar-refractivity contribution is -0.342. The number of halogens is 10. The molecule has 2 heterocycles. The van der Waals surface area contributed by atoms with Gasteiger partial charge in [-0.15, -0.1) is 0 Å². The van der Waals surface area contributed by atoms with Gasteiger partial charge in [0.25, 0.3) is 0 Å². The van der Waals surface area contributed by atoms with Crippen LogP contribution in [0.4, 0.5) is 43.9 Å². The third kappa shape index (κ3) is 5.77. The molecule has 2 atom stereocenters. The summed E-state index contributed by atoms with van der Waals surface area (Å²) in [5, 5.41) is 15.6. The first-order chi connectivity index (χ1) is 20.4. The number of nitrogens with zero attached hydrogens (tertiary/aromatic N) is 5. The van der Waals surface area contributed by atoms with E-state index >= 15 is 0 Å². The quantitative estimate of drug-likeness (QED) is 0.215. The Morgan fingerprint density at radius 2 is 1.64 bits per heavy atom. The number of benzene rings is 2. The summed E-state index contributed by atoms with van der Waals surface area (Å²) in [6.07, 6.45) is -0.265. The van der Waals surface area contributed by atoms with Crippen LogP contribution in [0, 0.1) is 11.6 Å². The van der Waals surface area contributed by atoms with Crippen molar-refractivity contribution in [1.29, 1.82) is 0 Å². The molecule has 0 bridgehead atoms. The third-order valence-electron chi connectivity index (χ3n) is 6.87. The second kappa shape index (κ2) is 11.6. The SMILES string of the molecule is CC(n1ccn(-c2ccc(OCC(F)(F)C(F)(F)C(F)(F)C(F)F)cc2)c1=O)C(O)(Cn1cncn1)c1ccc(F)cc1F. The molecule has 0 fully saturated rings. The summed E-state index contributed by atoms with van der Waals surface area (Å²) in [7, 11) is 0. The van der Waals surface area contributed by atoms with E-state index in [0.29, 0.717) is 6.07 Å². The van der Waals surface area contributed by atoms with Crippen molar-refractivity contribution in [2.75, 3.05) is 6.61 Å². The van der Waals surface area contributed by atoms with E-state index in [0.717, 1.165) is 56.5 Å². The highest BCUT2D eigenvalue weighted by Gasteiger charge is 2.75. The smallest absolute Gasteiger partial charge is 0.381 e. The molecule has 0 amide bonds. The molecule has 44 heavy (non-hydrogen) atoms. The summed E-state index contributed by atoms with van der Waals surface area (Å²) in [4.78, 5) is 17.1. The number of alkyl halides is 8. The van der Waals surface area contributed by atoms with Crippen molar-refractivity contribution >= 4 is 0 Å². The van der Waals surface area contributed by atoms with Crippen LogP contribution in [0.25, 0.3) is 5.69 Å². The molecule has 0 saturated heterocycles. The van der Waals surface area contributed by atoms with Crippen molar-refractivity contribution in [2.45, 2.75) is 49.3 Å². The molecule has 4 aromatic rings. The average molecular weight is 641 g/mol. The number of imidazole rings is 1. The van der Waals surface area contributed by atoms with Crippen molar-refractivity contribution in [3.05, 3.63) is 95.2 Å². The fourth-order valence-electron chi connectivity index (χ4n) is 4.30. The molecule has 0 saturated carbocycles. The van der Waals surface area contributed by atoms with Gasteiger partial charge in [-0.25, -0.2) is 32.0 Å². The largest absolute Gasteiger partial charge is 0.487 e.